The van der Waals surface area contributed by atoms with Crippen molar-refractivity contribution in [2.75, 3.05) is 11.1 Å². The minimum atomic E-state index is -0.511. The number of amides is 1. The molecule has 0 bridgehead atoms. The van der Waals surface area contributed by atoms with E-state index in [1.807, 2.05) is 0 Å². The van der Waals surface area contributed by atoms with Gasteiger partial charge >= 0.3 is 5.69 Å². The molecule has 2 heterocycles. The van der Waals surface area contributed by atoms with E-state index in [1.54, 1.807) is 30.1 Å². The number of nitro groups is 2. The van der Waals surface area contributed by atoms with E-state index < -0.39 is 9.85 Å². The first-order valence-electron chi connectivity index (χ1n) is 9.41. The van der Waals surface area contributed by atoms with Crippen molar-refractivity contribution in [1.29, 1.82) is 0 Å². The molecule has 3 aromatic rings. The fourth-order valence-electron chi connectivity index (χ4n) is 3.06. The molecule has 0 saturated heterocycles. The molecule has 3 rings (SSSR count). The molecule has 168 valence electrons. The Morgan fingerprint density at radius 1 is 1.12 bits per heavy atom. The number of carbonyl (C=O) groups is 1. The van der Waals surface area contributed by atoms with Gasteiger partial charge in [0.25, 0.3) is 5.69 Å². The Bertz CT molecular complexity index is 1170. The Kier molecular flexibility index (Phi) is 6.82. The first-order valence-corrected chi connectivity index (χ1v) is 10.4. The molecular weight excluding hydrogens is 440 g/mol. The summed E-state index contributed by atoms with van der Waals surface area (Å²) in [7, 11) is 1.77. The van der Waals surface area contributed by atoms with Crippen LogP contribution >= 0.6 is 11.8 Å². The van der Waals surface area contributed by atoms with Crippen LogP contribution in [0.4, 0.5) is 17.1 Å². The minimum Gasteiger partial charge on any atom is -0.325 e. The average Bonchev–Trinajstić information content (AvgIpc) is 3.23. The summed E-state index contributed by atoms with van der Waals surface area (Å²) in [4.78, 5) is 33.0. The normalized spacial score (nSPS) is 10.8. The molecule has 0 saturated carbocycles. The van der Waals surface area contributed by atoms with Crippen LogP contribution < -0.4 is 5.32 Å². The summed E-state index contributed by atoms with van der Waals surface area (Å²) < 4.78 is 3.33. The van der Waals surface area contributed by atoms with E-state index in [2.05, 4.69) is 20.6 Å². The topological polar surface area (TPSA) is 164 Å². The highest BCUT2D eigenvalue weighted by molar-refractivity contribution is 7.99. The van der Waals surface area contributed by atoms with E-state index in [0.29, 0.717) is 41.0 Å². The zero-order valence-corrected chi connectivity index (χ0v) is 18.3. The second-order valence-corrected chi connectivity index (χ2v) is 7.79. The van der Waals surface area contributed by atoms with Crippen molar-refractivity contribution < 1.29 is 14.6 Å². The number of hydrogen-bond acceptors (Lipinski definition) is 9. The SMILES string of the molecule is Cc1nn(CCc2nnc(SCC(=O)Nc3ccc([N+](=O)[O-])cc3)n2C)c(C)c1[N+](=O)[O-]. The molecule has 1 N–H and O–H groups in total. The van der Waals surface area contributed by atoms with Gasteiger partial charge in [-0.3, -0.25) is 29.7 Å². The molecule has 0 aliphatic rings. The van der Waals surface area contributed by atoms with E-state index in [1.165, 1.54) is 36.0 Å². The van der Waals surface area contributed by atoms with Gasteiger partial charge in [0.05, 0.1) is 15.6 Å². The maximum atomic E-state index is 12.2. The number of nitrogens with one attached hydrogen (secondary N) is 1. The summed E-state index contributed by atoms with van der Waals surface area (Å²) in [6.45, 7) is 3.65. The highest BCUT2D eigenvalue weighted by Crippen LogP contribution is 2.22. The molecule has 0 radical (unpaired) electrons. The molecule has 0 aliphatic heterocycles. The fraction of sp³-hybridized carbons (Fsp3) is 0.333. The second kappa shape index (κ2) is 9.55. The summed E-state index contributed by atoms with van der Waals surface area (Å²) in [6, 6.07) is 5.55. The molecule has 0 unspecified atom stereocenters. The number of nitrogens with zero attached hydrogens (tertiary/aromatic N) is 7. The number of nitro benzene ring substituents is 1. The Labute approximate surface area is 186 Å². The van der Waals surface area contributed by atoms with Crippen molar-refractivity contribution in [3.05, 3.63) is 61.7 Å². The predicted octanol–water partition coefficient (Wildman–Crippen LogP) is 2.42. The summed E-state index contributed by atoms with van der Waals surface area (Å²) in [6.07, 6.45) is 0.457. The molecule has 0 atom stereocenters. The van der Waals surface area contributed by atoms with E-state index >= 15 is 0 Å². The highest BCUT2D eigenvalue weighted by Gasteiger charge is 2.22. The number of non-ortho nitro benzene ring substituents is 1. The predicted molar refractivity (Wildman–Crippen MR) is 116 cm³/mol. The van der Waals surface area contributed by atoms with Crippen LogP contribution in [0.1, 0.15) is 17.2 Å². The van der Waals surface area contributed by atoms with Gasteiger partial charge in [-0.1, -0.05) is 11.8 Å². The second-order valence-electron chi connectivity index (χ2n) is 6.85. The lowest BCUT2D eigenvalue weighted by molar-refractivity contribution is -0.386. The van der Waals surface area contributed by atoms with E-state index in [0.717, 1.165) is 0 Å². The van der Waals surface area contributed by atoms with Gasteiger partial charge < -0.3 is 9.88 Å². The molecule has 2 aromatic heterocycles. The first kappa shape index (κ1) is 22.9. The van der Waals surface area contributed by atoms with Crippen LogP contribution in [0.15, 0.2) is 29.4 Å². The van der Waals surface area contributed by atoms with Crippen molar-refractivity contribution >= 4 is 34.7 Å². The van der Waals surface area contributed by atoms with Crippen molar-refractivity contribution in [1.82, 2.24) is 24.5 Å². The summed E-state index contributed by atoms with van der Waals surface area (Å²) >= 11 is 1.20. The zero-order valence-electron chi connectivity index (χ0n) is 17.5. The number of rotatable bonds is 9. The number of hydrogen-bond donors (Lipinski definition) is 1. The van der Waals surface area contributed by atoms with Crippen molar-refractivity contribution in [2.45, 2.75) is 32.0 Å². The standard InChI is InChI=1S/C18H20N8O5S/c1-11-17(26(30)31)12(2)24(22-11)9-8-15-20-21-18(23(15)3)32-10-16(27)19-13-4-6-14(7-5-13)25(28)29/h4-7H,8-10H2,1-3H3,(H,19,27). The first-order chi connectivity index (χ1) is 15.2. The lowest BCUT2D eigenvalue weighted by Gasteiger charge is -2.06. The van der Waals surface area contributed by atoms with Crippen LogP contribution in [0.25, 0.3) is 0 Å². The Morgan fingerprint density at radius 3 is 2.41 bits per heavy atom. The largest absolute Gasteiger partial charge is 0.325 e. The highest BCUT2D eigenvalue weighted by atomic mass is 32.2. The van der Waals surface area contributed by atoms with Crippen LogP contribution in [0.2, 0.25) is 0 Å². The molecule has 0 fully saturated rings. The maximum absolute atomic E-state index is 12.2. The van der Waals surface area contributed by atoms with Gasteiger partial charge in [-0.25, -0.2) is 0 Å². The van der Waals surface area contributed by atoms with Gasteiger partial charge in [-0.15, -0.1) is 10.2 Å². The summed E-state index contributed by atoms with van der Waals surface area (Å²) in [5.74, 6) is 0.439. The fourth-order valence-corrected chi connectivity index (χ4v) is 3.79. The number of aryl methyl sites for hydroxylation is 3. The number of aromatic nitrogens is 5. The third-order valence-electron chi connectivity index (χ3n) is 4.69. The van der Waals surface area contributed by atoms with Crippen LogP contribution in [-0.4, -0.2) is 46.1 Å². The van der Waals surface area contributed by atoms with Crippen LogP contribution in [0.5, 0.6) is 0 Å². The van der Waals surface area contributed by atoms with Gasteiger partial charge in [0.15, 0.2) is 5.16 Å². The maximum Gasteiger partial charge on any atom is 0.312 e. The third kappa shape index (κ3) is 5.08. The molecule has 1 aromatic carbocycles. The molecule has 14 heteroatoms. The number of thioether (sulfide) groups is 1. The monoisotopic (exact) mass is 460 g/mol. The number of anilines is 1. The molecule has 0 aliphatic carbocycles. The Hall–Kier alpha value is -3.81. The van der Waals surface area contributed by atoms with E-state index in [-0.39, 0.29) is 23.0 Å². The smallest absolute Gasteiger partial charge is 0.312 e. The van der Waals surface area contributed by atoms with Crippen molar-refractivity contribution in [3.63, 3.8) is 0 Å². The van der Waals surface area contributed by atoms with Crippen LogP contribution in [-0.2, 0) is 24.8 Å². The van der Waals surface area contributed by atoms with Crippen LogP contribution in [0, 0.1) is 34.1 Å². The van der Waals surface area contributed by atoms with Gasteiger partial charge in [-0.05, 0) is 26.0 Å². The summed E-state index contributed by atoms with van der Waals surface area (Å²) in [5.41, 5.74) is 1.25. The number of carbonyl (C=O) groups excluding carboxylic acids is 1. The Balaban J connectivity index is 1.55. The van der Waals surface area contributed by atoms with E-state index in [9.17, 15) is 25.0 Å². The van der Waals surface area contributed by atoms with Gasteiger partial charge in [0, 0.05) is 37.8 Å². The van der Waals surface area contributed by atoms with Gasteiger partial charge in [0.2, 0.25) is 5.91 Å². The van der Waals surface area contributed by atoms with Gasteiger partial charge in [-0.2, -0.15) is 5.10 Å². The molecule has 1 amide bonds. The summed E-state index contributed by atoms with van der Waals surface area (Å²) in [5, 5.41) is 37.5. The number of benzene rings is 1. The Morgan fingerprint density at radius 2 is 1.81 bits per heavy atom. The molecule has 32 heavy (non-hydrogen) atoms. The minimum absolute atomic E-state index is 0.0123. The van der Waals surface area contributed by atoms with Crippen molar-refractivity contribution in [2.24, 2.45) is 7.05 Å². The third-order valence-corrected chi connectivity index (χ3v) is 5.71. The quantitative estimate of drug-likeness (QED) is 0.287. The van der Waals surface area contributed by atoms with Crippen molar-refractivity contribution in [3.8, 4) is 0 Å². The molecule has 13 nitrogen and oxygen atoms in total. The van der Waals surface area contributed by atoms with Crippen LogP contribution in [0.3, 0.4) is 0 Å². The van der Waals surface area contributed by atoms with Gasteiger partial charge in [0.1, 0.15) is 17.2 Å². The van der Waals surface area contributed by atoms with E-state index in [4.69, 9.17) is 0 Å². The molecule has 0 spiro atoms. The molecular formula is C18H20N8O5S. The lowest BCUT2D eigenvalue weighted by atomic mass is 10.3. The average molecular weight is 460 g/mol. The zero-order chi connectivity index (χ0) is 23.4. The lowest BCUT2D eigenvalue weighted by Crippen LogP contribution is -2.14.